The van der Waals surface area contributed by atoms with Gasteiger partial charge >= 0.3 is 0 Å². The minimum atomic E-state index is 0.670. The smallest absolute Gasteiger partial charge is 0.0234 e. The molecule has 0 aliphatic rings. The summed E-state index contributed by atoms with van der Waals surface area (Å²) in [5.74, 6) is 3.16. The zero-order chi connectivity index (χ0) is 11.1. The van der Waals surface area contributed by atoms with E-state index in [-0.39, 0.29) is 0 Å². The Bertz CT molecular complexity index is 146. The van der Waals surface area contributed by atoms with Gasteiger partial charge in [0.2, 0.25) is 0 Å². The van der Waals surface area contributed by atoms with Crippen LogP contribution in [0.2, 0.25) is 0 Å². The lowest BCUT2D eigenvalue weighted by Gasteiger charge is -2.28. The van der Waals surface area contributed by atoms with Crippen molar-refractivity contribution in [1.82, 2.24) is 0 Å². The van der Waals surface area contributed by atoms with Gasteiger partial charge in [-0.2, -0.15) is 0 Å². The van der Waals surface area contributed by atoms with Crippen molar-refractivity contribution >= 4 is 0 Å². The van der Waals surface area contributed by atoms with E-state index in [1.165, 1.54) is 19.3 Å². The molecule has 3 unspecified atom stereocenters. The van der Waals surface area contributed by atoms with Crippen molar-refractivity contribution in [3.05, 3.63) is 12.7 Å². The highest BCUT2D eigenvalue weighted by molar-refractivity contribution is 4.84. The van der Waals surface area contributed by atoms with Crippen molar-refractivity contribution in [3.8, 4) is 0 Å². The normalized spacial score (nSPS) is 17.9. The van der Waals surface area contributed by atoms with E-state index in [2.05, 4.69) is 47.3 Å². The molecule has 0 saturated heterocycles. The van der Waals surface area contributed by atoms with Crippen LogP contribution in [0.1, 0.15) is 53.9 Å². The van der Waals surface area contributed by atoms with Crippen LogP contribution in [0.25, 0.3) is 0 Å². The Balaban J connectivity index is 4.23. The molecule has 0 fully saturated rings. The van der Waals surface area contributed by atoms with Gasteiger partial charge in [0.25, 0.3) is 0 Å². The van der Waals surface area contributed by atoms with Gasteiger partial charge in [0.05, 0.1) is 0 Å². The zero-order valence-electron chi connectivity index (χ0n) is 10.7. The highest BCUT2D eigenvalue weighted by atomic mass is 14.3. The van der Waals surface area contributed by atoms with Crippen LogP contribution in [-0.2, 0) is 0 Å². The predicted octanol–water partition coefficient (Wildman–Crippen LogP) is 4.91. The fourth-order valence-corrected chi connectivity index (χ4v) is 2.49. The second-order valence-electron chi connectivity index (χ2n) is 5.15. The zero-order valence-corrected chi connectivity index (χ0v) is 10.7. The number of rotatable bonds is 7. The van der Waals surface area contributed by atoms with Gasteiger partial charge in [-0.25, -0.2) is 0 Å². The first kappa shape index (κ1) is 13.7. The topological polar surface area (TPSA) is 0 Å². The molecule has 14 heavy (non-hydrogen) atoms. The Morgan fingerprint density at radius 3 is 2.07 bits per heavy atom. The van der Waals surface area contributed by atoms with Crippen molar-refractivity contribution < 1.29 is 0 Å². The molecule has 0 amide bonds. The Morgan fingerprint density at radius 2 is 1.71 bits per heavy atom. The average molecular weight is 196 g/mol. The minimum Gasteiger partial charge on any atom is -0.103 e. The molecular formula is C14H28. The molecule has 0 aliphatic carbocycles. The Morgan fingerprint density at radius 1 is 1.14 bits per heavy atom. The third-order valence-electron chi connectivity index (χ3n) is 3.24. The summed E-state index contributed by atoms with van der Waals surface area (Å²) in [6.07, 6.45) is 6.12. The average Bonchev–Trinajstić information content (AvgIpc) is 2.11. The van der Waals surface area contributed by atoms with Gasteiger partial charge in [0.15, 0.2) is 0 Å². The summed E-state index contributed by atoms with van der Waals surface area (Å²) in [5, 5.41) is 0. The summed E-state index contributed by atoms with van der Waals surface area (Å²) < 4.78 is 0. The van der Waals surface area contributed by atoms with Gasteiger partial charge in [-0.15, -0.1) is 6.58 Å². The van der Waals surface area contributed by atoms with E-state index < -0.39 is 0 Å². The fourth-order valence-electron chi connectivity index (χ4n) is 2.49. The molecule has 0 spiro atoms. The van der Waals surface area contributed by atoms with Gasteiger partial charge in [-0.1, -0.05) is 47.1 Å². The van der Waals surface area contributed by atoms with Gasteiger partial charge in [0, 0.05) is 0 Å². The molecule has 0 aromatic heterocycles. The predicted molar refractivity (Wildman–Crippen MR) is 66.4 cm³/mol. The van der Waals surface area contributed by atoms with Gasteiger partial charge < -0.3 is 0 Å². The van der Waals surface area contributed by atoms with E-state index >= 15 is 0 Å². The molecule has 0 N–H and O–H groups in total. The second kappa shape index (κ2) is 7.09. The molecule has 0 heterocycles. The SMILES string of the molecule is C=CC(C)C(CCC)C(C)CC(C)C. The van der Waals surface area contributed by atoms with Crippen molar-refractivity contribution in [3.63, 3.8) is 0 Å². The summed E-state index contributed by atoms with van der Waals surface area (Å²) in [6.45, 7) is 15.6. The third kappa shape index (κ3) is 4.83. The van der Waals surface area contributed by atoms with Crippen molar-refractivity contribution in [2.45, 2.75) is 53.9 Å². The molecule has 0 radical (unpaired) electrons. The maximum atomic E-state index is 3.93. The van der Waals surface area contributed by atoms with Gasteiger partial charge in [-0.3, -0.25) is 0 Å². The fraction of sp³-hybridized carbons (Fsp3) is 0.857. The van der Waals surface area contributed by atoms with Crippen LogP contribution in [0, 0.1) is 23.7 Å². The molecule has 3 atom stereocenters. The standard InChI is InChI=1S/C14H28/c1-7-9-14(12(5)8-2)13(6)10-11(3)4/h8,11-14H,2,7,9-10H2,1,3-6H3. The second-order valence-corrected chi connectivity index (χ2v) is 5.15. The monoisotopic (exact) mass is 196 g/mol. The summed E-state index contributed by atoms with van der Waals surface area (Å²) in [4.78, 5) is 0. The molecule has 0 rings (SSSR count). The summed E-state index contributed by atoms with van der Waals surface area (Å²) >= 11 is 0. The van der Waals surface area contributed by atoms with E-state index in [1.807, 2.05) is 0 Å². The highest BCUT2D eigenvalue weighted by Crippen LogP contribution is 2.30. The Kier molecular flexibility index (Phi) is 6.96. The summed E-state index contributed by atoms with van der Waals surface area (Å²) in [6, 6.07) is 0. The van der Waals surface area contributed by atoms with Crippen molar-refractivity contribution in [2.24, 2.45) is 23.7 Å². The Hall–Kier alpha value is -0.260. The maximum absolute atomic E-state index is 3.93. The Labute approximate surface area is 90.8 Å². The lowest BCUT2D eigenvalue weighted by Crippen LogP contribution is -2.19. The molecule has 0 saturated carbocycles. The number of hydrogen-bond acceptors (Lipinski definition) is 0. The molecule has 0 bridgehead atoms. The van der Waals surface area contributed by atoms with Crippen LogP contribution < -0.4 is 0 Å². The van der Waals surface area contributed by atoms with Crippen LogP contribution in [0.4, 0.5) is 0 Å². The van der Waals surface area contributed by atoms with Crippen LogP contribution in [-0.4, -0.2) is 0 Å². The largest absolute Gasteiger partial charge is 0.103 e. The van der Waals surface area contributed by atoms with Gasteiger partial charge in [0.1, 0.15) is 0 Å². The van der Waals surface area contributed by atoms with E-state index in [0.717, 1.165) is 17.8 Å². The molecule has 84 valence electrons. The van der Waals surface area contributed by atoms with E-state index in [1.54, 1.807) is 0 Å². The first-order chi connectivity index (χ1) is 6.52. The number of allylic oxidation sites excluding steroid dienone is 1. The van der Waals surface area contributed by atoms with E-state index in [9.17, 15) is 0 Å². The highest BCUT2D eigenvalue weighted by Gasteiger charge is 2.21. The quantitative estimate of drug-likeness (QED) is 0.508. The number of hydrogen-bond donors (Lipinski definition) is 0. The first-order valence-corrected chi connectivity index (χ1v) is 6.15. The van der Waals surface area contributed by atoms with Gasteiger partial charge in [-0.05, 0) is 36.5 Å². The maximum Gasteiger partial charge on any atom is -0.0234 e. The molecule has 0 aliphatic heterocycles. The van der Waals surface area contributed by atoms with Crippen LogP contribution in [0.5, 0.6) is 0 Å². The van der Waals surface area contributed by atoms with Crippen LogP contribution >= 0.6 is 0 Å². The molecular weight excluding hydrogens is 168 g/mol. The van der Waals surface area contributed by atoms with E-state index in [0.29, 0.717) is 5.92 Å². The van der Waals surface area contributed by atoms with E-state index in [4.69, 9.17) is 0 Å². The lowest BCUT2D eigenvalue weighted by atomic mass is 9.77. The summed E-state index contributed by atoms with van der Waals surface area (Å²) in [5.41, 5.74) is 0. The van der Waals surface area contributed by atoms with Crippen molar-refractivity contribution in [2.75, 3.05) is 0 Å². The summed E-state index contributed by atoms with van der Waals surface area (Å²) in [7, 11) is 0. The first-order valence-electron chi connectivity index (χ1n) is 6.15. The molecule has 0 aromatic rings. The van der Waals surface area contributed by atoms with Crippen molar-refractivity contribution in [1.29, 1.82) is 0 Å². The molecule has 0 aromatic carbocycles. The lowest BCUT2D eigenvalue weighted by molar-refractivity contribution is 0.238. The minimum absolute atomic E-state index is 0.670. The molecule has 0 nitrogen and oxygen atoms in total. The van der Waals surface area contributed by atoms with Crippen LogP contribution in [0.15, 0.2) is 12.7 Å². The molecule has 0 heteroatoms. The van der Waals surface area contributed by atoms with Crippen LogP contribution in [0.3, 0.4) is 0 Å². The third-order valence-corrected chi connectivity index (χ3v) is 3.24.